The molecule has 92 valence electrons. The summed E-state index contributed by atoms with van der Waals surface area (Å²) in [5, 5.41) is 8.94. The molecule has 1 aromatic heterocycles. The molecule has 2 fully saturated rings. The van der Waals surface area contributed by atoms with Crippen LogP contribution in [-0.2, 0) is 15.4 Å². The Balaban J connectivity index is 2.02. The highest BCUT2D eigenvalue weighted by atomic mass is 32.1. The number of rotatable bonds is 2. The Morgan fingerprint density at radius 3 is 3.00 bits per heavy atom. The van der Waals surface area contributed by atoms with Crippen molar-refractivity contribution >= 4 is 12.2 Å². The van der Waals surface area contributed by atoms with Crippen LogP contribution < -0.4 is 5.56 Å². The summed E-state index contributed by atoms with van der Waals surface area (Å²) in [5.74, 6) is -1.31. The fourth-order valence-electron chi connectivity index (χ4n) is 2.04. The first kappa shape index (κ1) is 11.0. The zero-order chi connectivity index (χ0) is 12.2. The first-order valence-electron chi connectivity index (χ1n) is 5.01. The number of ether oxygens (including phenoxy) is 2. The summed E-state index contributed by atoms with van der Waals surface area (Å²) in [5.41, 5.74) is -0.353. The van der Waals surface area contributed by atoms with Crippen LogP contribution in [0.3, 0.4) is 0 Å². The predicted octanol–water partition coefficient (Wildman–Crippen LogP) is -0.356. The van der Waals surface area contributed by atoms with Crippen LogP contribution in [0.1, 0.15) is 0 Å². The molecule has 3 heterocycles. The minimum absolute atomic E-state index is 0.0887. The summed E-state index contributed by atoms with van der Waals surface area (Å²) in [6.07, 6.45) is -1.75. The lowest BCUT2D eigenvalue weighted by Gasteiger charge is -2.17. The summed E-state index contributed by atoms with van der Waals surface area (Å²) in [7, 11) is 0. The van der Waals surface area contributed by atoms with Crippen molar-refractivity contribution in [1.29, 1.82) is 0 Å². The van der Waals surface area contributed by atoms with Gasteiger partial charge in [-0.25, -0.2) is 4.39 Å². The number of aliphatic hydroxyl groups is 1. The number of hydrogen-bond acceptors (Lipinski definition) is 5. The Morgan fingerprint density at radius 1 is 1.65 bits per heavy atom. The Bertz CT molecular complexity index is 573. The van der Waals surface area contributed by atoms with Crippen molar-refractivity contribution in [2.75, 3.05) is 6.61 Å². The number of alkyl halides is 1. The maximum atomic E-state index is 13.6. The molecule has 0 radical (unpaired) electrons. The van der Waals surface area contributed by atoms with Crippen molar-refractivity contribution in [3.05, 3.63) is 27.4 Å². The predicted molar refractivity (Wildman–Crippen MR) is 55.6 cm³/mol. The van der Waals surface area contributed by atoms with Gasteiger partial charge in [-0.05, 0) is 12.2 Å². The smallest absolute Gasteiger partial charge is 0.289 e. The zero-order valence-corrected chi connectivity index (χ0v) is 9.32. The van der Waals surface area contributed by atoms with Crippen molar-refractivity contribution in [2.45, 2.75) is 24.3 Å². The van der Waals surface area contributed by atoms with Gasteiger partial charge in [-0.1, -0.05) is 0 Å². The van der Waals surface area contributed by atoms with Gasteiger partial charge in [-0.2, -0.15) is 0 Å². The number of fused-ring (bicyclic) bond motifs is 1. The number of epoxide rings is 1. The number of H-pyrrole nitrogens is 1. The molecule has 2 aliphatic heterocycles. The normalized spacial score (nSPS) is 39.1. The van der Waals surface area contributed by atoms with E-state index in [1.165, 1.54) is 16.8 Å². The van der Waals surface area contributed by atoms with Crippen molar-refractivity contribution in [1.82, 2.24) is 9.55 Å². The molecule has 0 aliphatic carbocycles. The zero-order valence-electron chi connectivity index (χ0n) is 8.50. The van der Waals surface area contributed by atoms with Crippen LogP contribution in [0.15, 0.2) is 17.1 Å². The maximum Gasteiger partial charge on any atom is 0.289 e. The van der Waals surface area contributed by atoms with E-state index in [4.69, 9.17) is 26.8 Å². The van der Waals surface area contributed by atoms with Gasteiger partial charge in [0.25, 0.3) is 11.5 Å². The van der Waals surface area contributed by atoms with Crippen LogP contribution in [0.5, 0.6) is 0 Å². The molecule has 17 heavy (non-hydrogen) atoms. The van der Waals surface area contributed by atoms with Crippen molar-refractivity contribution in [2.24, 2.45) is 0 Å². The molecule has 2 N–H and O–H groups in total. The highest BCUT2D eigenvalue weighted by molar-refractivity contribution is 7.71. The SMILES string of the molecule is O=c1ccn(C23O[C@H](CO)[C@H](F)[C@@H]2O3)c(=S)[nH]1. The van der Waals surface area contributed by atoms with Gasteiger partial charge in [-0.3, -0.25) is 14.3 Å². The lowest BCUT2D eigenvalue weighted by Crippen LogP contribution is -2.30. The molecule has 8 heteroatoms. The summed E-state index contributed by atoms with van der Waals surface area (Å²) in [6, 6.07) is 1.24. The van der Waals surface area contributed by atoms with Crippen LogP contribution in [0, 0.1) is 4.77 Å². The van der Waals surface area contributed by atoms with Gasteiger partial charge in [0.15, 0.2) is 17.0 Å². The number of halogens is 1. The molecule has 2 saturated heterocycles. The van der Waals surface area contributed by atoms with E-state index < -0.39 is 30.9 Å². The van der Waals surface area contributed by atoms with Crippen LogP contribution in [-0.4, -0.2) is 39.6 Å². The molecule has 6 nitrogen and oxygen atoms in total. The van der Waals surface area contributed by atoms with E-state index in [9.17, 15) is 9.18 Å². The molecule has 1 aromatic rings. The second-order valence-corrected chi connectivity index (χ2v) is 4.32. The van der Waals surface area contributed by atoms with E-state index in [1.807, 2.05) is 0 Å². The molecule has 0 amide bonds. The van der Waals surface area contributed by atoms with E-state index >= 15 is 0 Å². The highest BCUT2D eigenvalue weighted by Crippen LogP contribution is 2.53. The number of aromatic amines is 1. The number of hydrogen-bond donors (Lipinski definition) is 2. The fourth-order valence-corrected chi connectivity index (χ4v) is 2.33. The summed E-state index contributed by atoms with van der Waals surface area (Å²) < 4.78 is 25.5. The monoisotopic (exact) mass is 260 g/mol. The summed E-state index contributed by atoms with van der Waals surface area (Å²) >= 11 is 4.95. The maximum absolute atomic E-state index is 13.6. The van der Waals surface area contributed by atoms with E-state index in [1.54, 1.807) is 0 Å². The molecule has 4 atom stereocenters. The van der Waals surface area contributed by atoms with Crippen LogP contribution >= 0.6 is 12.2 Å². The Morgan fingerprint density at radius 2 is 2.41 bits per heavy atom. The molecule has 0 bridgehead atoms. The third-order valence-electron chi connectivity index (χ3n) is 2.90. The van der Waals surface area contributed by atoms with E-state index in [0.717, 1.165) is 0 Å². The first-order chi connectivity index (χ1) is 8.08. The highest BCUT2D eigenvalue weighted by Gasteiger charge is 2.72. The molecule has 0 spiro atoms. The van der Waals surface area contributed by atoms with Gasteiger partial charge in [0, 0.05) is 12.3 Å². The lowest BCUT2D eigenvalue weighted by atomic mass is 10.2. The van der Waals surface area contributed by atoms with Gasteiger partial charge in [-0.15, -0.1) is 0 Å². The van der Waals surface area contributed by atoms with Gasteiger partial charge in [0.1, 0.15) is 6.10 Å². The van der Waals surface area contributed by atoms with Crippen LogP contribution in [0.25, 0.3) is 0 Å². The molecular weight excluding hydrogens is 251 g/mol. The second-order valence-electron chi connectivity index (χ2n) is 3.93. The molecule has 0 aromatic carbocycles. The van der Waals surface area contributed by atoms with Crippen LogP contribution in [0.2, 0.25) is 0 Å². The fraction of sp³-hybridized carbons (Fsp3) is 0.556. The topological polar surface area (TPSA) is 79.8 Å². The van der Waals surface area contributed by atoms with Crippen LogP contribution in [0.4, 0.5) is 4.39 Å². The third kappa shape index (κ3) is 1.41. The van der Waals surface area contributed by atoms with Gasteiger partial charge < -0.3 is 14.6 Å². The average molecular weight is 260 g/mol. The summed E-state index contributed by atoms with van der Waals surface area (Å²) in [4.78, 5) is 13.4. The Hall–Kier alpha value is -1.09. The number of nitrogens with zero attached hydrogens (tertiary/aromatic N) is 1. The first-order valence-corrected chi connectivity index (χ1v) is 5.42. The minimum Gasteiger partial charge on any atom is -0.394 e. The minimum atomic E-state index is -1.41. The third-order valence-corrected chi connectivity index (χ3v) is 3.20. The van der Waals surface area contributed by atoms with Gasteiger partial charge >= 0.3 is 0 Å². The average Bonchev–Trinajstić information content (AvgIpc) is 2.94. The van der Waals surface area contributed by atoms with Gasteiger partial charge in [0.05, 0.1) is 6.61 Å². The molecular formula is C9H9FN2O4S. The Labute approximate surface area is 99.6 Å². The molecule has 0 saturated carbocycles. The van der Waals surface area contributed by atoms with Crippen molar-refractivity contribution in [3.8, 4) is 0 Å². The van der Waals surface area contributed by atoms with Gasteiger partial charge in [0.2, 0.25) is 0 Å². The number of aliphatic hydroxyl groups excluding tert-OH is 1. The number of aromatic nitrogens is 2. The standard InChI is InChI=1S/C9H9FN2O4S/c10-6-4(3-13)15-9(7(6)16-9)12-2-1-5(14)11-8(12)17/h1-2,4,6-7,13H,3H2,(H,11,14,17)/t4-,6+,7+,9?/m1/s1. The van der Waals surface area contributed by atoms with Crippen molar-refractivity contribution < 1.29 is 19.0 Å². The summed E-state index contributed by atoms with van der Waals surface area (Å²) in [6.45, 7) is -0.431. The largest absolute Gasteiger partial charge is 0.394 e. The molecule has 2 aliphatic rings. The van der Waals surface area contributed by atoms with E-state index in [0.29, 0.717) is 0 Å². The Kier molecular flexibility index (Phi) is 2.24. The lowest BCUT2D eigenvalue weighted by molar-refractivity contribution is -0.159. The van der Waals surface area contributed by atoms with Crippen molar-refractivity contribution in [3.63, 3.8) is 0 Å². The quantitative estimate of drug-likeness (QED) is 0.561. The van der Waals surface area contributed by atoms with E-state index in [2.05, 4.69) is 4.98 Å². The van der Waals surface area contributed by atoms with E-state index in [-0.39, 0.29) is 10.3 Å². The molecule has 1 unspecified atom stereocenters. The number of nitrogens with one attached hydrogen (secondary N) is 1. The molecule has 3 rings (SSSR count). The second kappa shape index (κ2) is 3.45.